The Morgan fingerprint density at radius 1 is 1.07 bits per heavy atom. The zero-order valence-electron chi connectivity index (χ0n) is 16.6. The molecule has 0 N–H and O–H groups in total. The van der Waals surface area contributed by atoms with Crippen molar-refractivity contribution in [2.75, 3.05) is 32.1 Å². The molecule has 0 saturated carbocycles. The number of carbonyl (C=O) groups excluding carboxylic acids is 1. The fraction of sp³-hybridized carbons (Fsp3) is 0.238. The van der Waals surface area contributed by atoms with E-state index in [1.807, 2.05) is 38.4 Å². The van der Waals surface area contributed by atoms with Crippen LogP contribution >= 0.6 is 22.7 Å². The summed E-state index contributed by atoms with van der Waals surface area (Å²) in [6.07, 6.45) is 0.811. The van der Waals surface area contributed by atoms with Crippen LogP contribution in [0.25, 0.3) is 20.3 Å². The molecule has 1 amide bonds. The highest BCUT2D eigenvalue weighted by Gasteiger charge is 2.23. The van der Waals surface area contributed by atoms with E-state index in [4.69, 9.17) is 0 Å². The Labute approximate surface area is 181 Å². The number of nitro groups is 1. The Bertz CT molecular complexity index is 1200. The highest BCUT2D eigenvalue weighted by atomic mass is 32.1. The van der Waals surface area contributed by atoms with Gasteiger partial charge in [-0.25, -0.2) is 4.98 Å². The third-order valence-electron chi connectivity index (χ3n) is 4.67. The monoisotopic (exact) mass is 440 g/mol. The minimum atomic E-state index is -0.423. The summed E-state index contributed by atoms with van der Waals surface area (Å²) in [6, 6.07) is 14.2. The van der Waals surface area contributed by atoms with Crippen molar-refractivity contribution in [1.82, 2.24) is 9.88 Å². The Morgan fingerprint density at radius 2 is 1.87 bits per heavy atom. The normalized spacial score (nSPS) is 11.4. The zero-order valence-corrected chi connectivity index (χ0v) is 18.2. The van der Waals surface area contributed by atoms with Crippen molar-refractivity contribution in [2.24, 2.45) is 0 Å². The van der Waals surface area contributed by atoms with E-state index in [2.05, 4.69) is 9.88 Å². The molecule has 0 bridgehead atoms. The van der Waals surface area contributed by atoms with Gasteiger partial charge in [0.05, 0.1) is 20.0 Å². The van der Waals surface area contributed by atoms with E-state index in [1.54, 1.807) is 17.0 Å². The Kier molecular flexibility index (Phi) is 5.76. The van der Waals surface area contributed by atoms with Crippen LogP contribution in [0, 0.1) is 10.1 Å². The molecule has 30 heavy (non-hydrogen) atoms. The molecule has 0 fully saturated rings. The number of amides is 1. The van der Waals surface area contributed by atoms with Gasteiger partial charge in [0.15, 0.2) is 5.13 Å². The van der Waals surface area contributed by atoms with Crippen LogP contribution < -0.4 is 4.90 Å². The van der Waals surface area contributed by atoms with Crippen LogP contribution in [0.3, 0.4) is 0 Å². The van der Waals surface area contributed by atoms with Crippen LogP contribution in [0.5, 0.6) is 0 Å². The fourth-order valence-corrected chi connectivity index (χ4v) is 5.17. The highest BCUT2D eigenvalue weighted by molar-refractivity contribution is 7.23. The lowest BCUT2D eigenvalue weighted by Gasteiger charge is -2.20. The number of aromatic nitrogens is 1. The number of nitrogens with zero attached hydrogens (tertiary/aromatic N) is 4. The number of fused-ring (bicyclic) bond motifs is 2. The molecule has 4 aromatic rings. The smallest absolute Gasteiger partial charge is 0.270 e. The van der Waals surface area contributed by atoms with Crippen LogP contribution in [0.4, 0.5) is 10.8 Å². The molecule has 0 radical (unpaired) electrons. The second-order valence-corrected chi connectivity index (χ2v) is 9.26. The molecule has 2 aromatic heterocycles. The first-order valence-electron chi connectivity index (χ1n) is 9.42. The van der Waals surface area contributed by atoms with E-state index in [9.17, 15) is 14.9 Å². The summed E-state index contributed by atoms with van der Waals surface area (Å²) in [4.78, 5) is 33.1. The van der Waals surface area contributed by atoms with E-state index < -0.39 is 4.92 Å². The van der Waals surface area contributed by atoms with E-state index in [1.165, 1.54) is 34.8 Å². The largest absolute Gasteiger partial charge is 0.309 e. The minimum absolute atomic E-state index is 0.0216. The van der Waals surface area contributed by atoms with Gasteiger partial charge in [-0.05, 0) is 51.3 Å². The number of thiazole rings is 1. The molecule has 2 aromatic carbocycles. The van der Waals surface area contributed by atoms with Gasteiger partial charge in [-0.2, -0.15) is 0 Å². The van der Waals surface area contributed by atoms with Gasteiger partial charge in [-0.3, -0.25) is 19.8 Å². The molecule has 0 unspecified atom stereocenters. The third kappa shape index (κ3) is 4.18. The standard InChI is InChI=1S/C21H20N4O3S2/c1-23(2)10-5-11-24(21-22-16-6-3-4-7-18(16)30-21)20(26)19-13-14-12-15(25(27)28)8-9-17(14)29-19/h3-4,6-9,12-13H,5,10-11H2,1-2H3. The number of hydrogen-bond acceptors (Lipinski definition) is 7. The number of rotatable bonds is 7. The van der Waals surface area contributed by atoms with Crippen LogP contribution in [0.15, 0.2) is 48.5 Å². The molecular formula is C21H20N4O3S2. The Balaban J connectivity index is 1.69. The van der Waals surface area contributed by atoms with Crippen LogP contribution in [-0.4, -0.2) is 47.9 Å². The summed E-state index contributed by atoms with van der Waals surface area (Å²) in [7, 11) is 4.01. The van der Waals surface area contributed by atoms with Crippen LogP contribution in [-0.2, 0) is 0 Å². The first kappa shape index (κ1) is 20.4. The van der Waals surface area contributed by atoms with Crippen molar-refractivity contribution in [1.29, 1.82) is 0 Å². The third-order valence-corrected chi connectivity index (χ3v) is 6.83. The lowest BCUT2D eigenvalue weighted by Crippen LogP contribution is -2.32. The number of thiophene rings is 1. The van der Waals surface area contributed by atoms with E-state index in [0.29, 0.717) is 21.9 Å². The molecule has 0 spiro atoms. The lowest BCUT2D eigenvalue weighted by molar-refractivity contribution is -0.384. The number of para-hydroxylation sites is 1. The van der Waals surface area contributed by atoms with Gasteiger partial charge < -0.3 is 4.90 Å². The molecule has 2 heterocycles. The molecule has 7 nitrogen and oxygen atoms in total. The van der Waals surface area contributed by atoms with Gasteiger partial charge in [-0.1, -0.05) is 23.5 Å². The van der Waals surface area contributed by atoms with Gasteiger partial charge in [0.25, 0.3) is 11.6 Å². The maximum atomic E-state index is 13.4. The van der Waals surface area contributed by atoms with Crippen molar-refractivity contribution in [2.45, 2.75) is 6.42 Å². The SMILES string of the molecule is CN(C)CCCN(C(=O)c1cc2cc([N+](=O)[O-])ccc2s1)c1nc2ccccc2s1. The molecular weight excluding hydrogens is 420 g/mol. The number of hydrogen-bond donors (Lipinski definition) is 0. The number of non-ortho nitro benzene ring substituents is 1. The summed E-state index contributed by atoms with van der Waals surface area (Å²) < 4.78 is 1.88. The van der Waals surface area contributed by atoms with Crippen molar-refractivity contribution in [3.63, 3.8) is 0 Å². The second-order valence-electron chi connectivity index (χ2n) is 7.17. The van der Waals surface area contributed by atoms with E-state index in [-0.39, 0.29) is 11.6 Å². The summed E-state index contributed by atoms with van der Waals surface area (Å²) in [5, 5.41) is 12.4. The predicted octanol–water partition coefficient (Wildman–Crippen LogP) is 5.02. The maximum absolute atomic E-state index is 13.4. The molecule has 0 saturated heterocycles. The van der Waals surface area contributed by atoms with Crippen molar-refractivity contribution in [3.8, 4) is 0 Å². The predicted molar refractivity (Wildman–Crippen MR) is 123 cm³/mol. The quantitative estimate of drug-likeness (QED) is 0.298. The zero-order chi connectivity index (χ0) is 21.3. The molecule has 154 valence electrons. The molecule has 4 rings (SSSR count). The average molecular weight is 441 g/mol. The minimum Gasteiger partial charge on any atom is -0.309 e. The number of carbonyl (C=O) groups is 1. The Hall–Kier alpha value is -2.88. The van der Waals surface area contributed by atoms with Crippen LogP contribution in [0.1, 0.15) is 16.1 Å². The van der Waals surface area contributed by atoms with Crippen molar-refractivity contribution >= 4 is 59.7 Å². The van der Waals surface area contributed by atoms with Gasteiger partial charge in [0, 0.05) is 28.8 Å². The molecule has 0 aliphatic heterocycles. The summed E-state index contributed by atoms with van der Waals surface area (Å²) in [5.74, 6) is -0.128. The maximum Gasteiger partial charge on any atom is 0.270 e. The summed E-state index contributed by atoms with van der Waals surface area (Å²) in [6.45, 7) is 1.40. The molecule has 0 aliphatic rings. The molecule has 0 aliphatic carbocycles. The number of anilines is 1. The number of nitro benzene ring substituents is 1. The Morgan fingerprint density at radius 3 is 2.60 bits per heavy atom. The highest BCUT2D eigenvalue weighted by Crippen LogP contribution is 2.33. The fourth-order valence-electron chi connectivity index (χ4n) is 3.19. The molecule has 9 heteroatoms. The van der Waals surface area contributed by atoms with Crippen molar-refractivity contribution in [3.05, 3.63) is 63.5 Å². The van der Waals surface area contributed by atoms with E-state index in [0.717, 1.165) is 27.9 Å². The first-order chi connectivity index (χ1) is 14.4. The average Bonchev–Trinajstić information content (AvgIpc) is 3.33. The summed E-state index contributed by atoms with van der Waals surface area (Å²) in [5.41, 5.74) is 0.892. The van der Waals surface area contributed by atoms with Gasteiger partial charge in [-0.15, -0.1) is 11.3 Å². The summed E-state index contributed by atoms with van der Waals surface area (Å²) >= 11 is 2.84. The second kappa shape index (κ2) is 8.47. The van der Waals surface area contributed by atoms with Gasteiger partial charge in [0.1, 0.15) is 0 Å². The first-order valence-corrected chi connectivity index (χ1v) is 11.1. The van der Waals surface area contributed by atoms with Crippen molar-refractivity contribution < 1.29 is 9.72 Å². The lowest BCUT2D eigenvalue weighted by atomic mass is 10.2. The van der Waals surface area contributed by atoms with Gasteiger partial charge >= 0.3 is 0 Å². The topological polar surface area (TPSA) is 79.6 Å². The van der Waals surface area contributed by atoms with E-state index >= 15 is 0 Å². The number of benzene rings is 2. The van der Waals surface area contributed by atoms with Gasteiger partial charge in [0.2, 0.25) is 0 Å². The van der Waals surface area contributed by atoms with Crippen LogP contribution in [0.2, 0.25) is 0 Å². The molecule has 0 atom stereocenters.